The molecule has 0 atom stereocenters. The van der Waals surface area contributed by atoms with Crippen molar-refractivity contribution in [2.24, 2.45) is 0 Å². The third-order valence-corrected chi connectivity index (χ3v) is 4.67. The van der Waals surface area contributed by atoms with Gasteiger partial charge in [0.05, 0.1) is 5.52 Å². The number of carbonyl (C=O) groups excluding carboxylic acids is 1. The van der Waals surface area contributed by atoms with Crippen LogP contribution in [0.25, 0.3) is 10.9 Å². The van der Waals surface area contributed by atoms with Crippen molar-refractivity contribution in [3.8, 4) is 0 Å². The van der Waals surface area contributed by atoms with E-state index < -0.39 is 5.60 Å². The number of nitrogens with zero attached hydrogens (tertiary/aromatic N) is 2. The lowest BCUT2D eigenvalue weighted by Gasteiger charge is -2.21. The molecule has 0 unspecified atom stereocenters. The minimum absolute atomic E-state index is 0.277. The Bertz CT molecular complexity index is 699. The molecule has 0 radical (unpaired) electrons. The topological polar surface area (TPSA) is 57.5 Å². The Morgan fingerprint density at radius 3 is 2.74 bits per heavy atom. The predicted molar refractivity (Wildman–Crippen MR) is 92.5 cm³/mol. The number of nitrogens with one attached hydrogen (secondary N) is 1. The van der Waals surface area contributed by atoms with Crippen LogP contribution in [0.4, 0.5) is 5.69 Å². The van der Waals surface area contributed by atoms with Crippen molar-refractivity contribution in [2.75, 3.05) is 26.0 Å². The minimum atomic E-state index is -1.19. The molecule has 0 aliphatic heterocycles. The standard InChI is InChI=1S/C18H25N3O2/c1-20(2)11-12-21-10-7-14-5-6-15(13-16(14)21)19-17(22)18(23)8-3-4-9-18/h5-7,10,13,23H,3-4,8-9,11-12H2,1-2H3,(H,19,22). The molecule has 1 aliphatic rings. The Kier molecular flexibility index (Phi) is 4.41. The smallest absolute Gasteiger partial charge is 0.256 e. The Morgan fingerprint density at radius 2 is 2.04 bits per heavy atom. The second kappa shape index (κ2) is 6.34. The molecule has 5 heteroatoms. The number of aliphatic hydroxyl groups is 1. The number of fused-ring (bicyclic) bond motifs is 1. The van der Waals surface area contributed by atoms with Gasteiger partial charge in [0.1, 0.15) is 5.60 Å². The maximum atomic E-state index is 12.3. The number of benzene rings is 1. The van der Waals surface area contributed by atoms with Crippen LogP contribution in [-0.4, -0.2) is 46.7 Å². The number of likely N-dealkylation sites (N-methyl/N-ethyl adjacent to an activating group) is 1. The molecule has 5 nitrogen and oxygen atoms in total. The lowest BCUT2D eigenvalue weighted by atomic mass is 10.0. The van der Waals surface area contributed by atoms with Crippen LogP contribution in [-0.2, 0) is 11.3 Å². The Balaban J connectivity index is 1.79. The fourth-order valence-electron chi connectivity index (χ4n) is 3.20. The molecule has 1 aromatic carbocycles. The zero-order chi connectivity index (χ0) is 16.4. The van der Waals surface area contributed by atoms with Crippen molar-refractivity contribution >= 4 is 22.5 Å². The maximum Gasteiger partial charge on any atom is 0.256 e. The van der Waals surface area contributed by atoms with Gasteiger partial charge in [-0.05, 0) is 63.4 Å². The summed E-state index contributed by atoms with van der Waals surface area (Å²) >= 11 is 0. The Hall–Kier alpha value is -1.85. The van der Waals surface area contributed by atoms with Gasteiger partial charge in [0.15, 0.2) is 0 Å². The summed E-state index contributed by atoms with van der Waals surface area (Å²) in [5.41, 5.74) is 0.651. The normalized spacial score (nSPS) is 17.0. The van der Waals surface area contributed by atoms with Crippen LogP contribution in [0.15, 0.2) is 30.5 Å². The van der Waals surface area contributed by atoms with E-state index in [0.29, 0.717) is 12.8 Å². The first-order chi connectivity index (χ1) is 11.0. The van der Waals surface area contributed by atoms with Gasteiger partial charge in [-0.3, -0.25) is 4.79 Å². The van der Waals surface area contributed by atoms with Crippen LogP contribution in [0.5, 0.6) is 0 Å². The van der Waals surface area contributed by atoms with Crippen molar-refractivity contribution in [1.82, 2.24) is 9.47 Å². The van der Waals surface area contributed by atoms with E-state index in [4.69, 9.17) is 0 Å². The lowest BCUT2D eigenvalue weighted by molar-refractivity contribution is -0.133. The van der Waals surface area contributed by atoms with Gasteiger partial charge in [-0.25, -0.2) is 0 Å². The van der Waals surface area contributed by atoms with Gasteiger partial charge in [-0.1, -0.05) is 6.07 Å². The van der Waals surface area contributed by atoms with Gasteiger partial charge in [0.2, 0.25) is 0 Å². The monoisotopic (exact) mass is 315 g/mol. The minimum Gasteiger partial charge on any atom is -0.380 e. The highest BCUT2D eigenvalue weighted by Crippen LogP contribution is 2.31. The number of hydrogen-bond acceptors (Lipinski definition) is 3. The molecule has 1 aromatic heterocycles. The van der Waals surface area contributed by atoms with E-state index in [2.05, 4.69) is 41.1 Å². The van der Waals surface area contributed by atoms with Crippen LogP contribution < -0.4 is 5.32 Å². The summed E-state index contributed by atoms with van der Waals surface area (Å²) in [5, 5.41) is 14.4. The average molecular weight is 315 g/mol. The van der Waals surface area contributed by atoms with Crippen LogP contribution in [0.3, 0.4) is 0 Å². The van der Waals surface area contributed by atoms with Crippen LogP contribution in [0, 0.1) is 0 Å². The molecule has 1 amide bonds. The molecular weight excluding hydrogens is 290 g/mol. The van der Waals surface area contributed by atoms with Gasteiger partial charge >= 0.3 is 0 Å². The summed E-state index contributed by atoms with van der Waals surface area (Å²) in [6.07, 6.45) is 5.01. The van der Waals surface area contributed by atoms with Gasteiger partial charge < -0.3 is 19.9 Å². The van der Waals surface area contributed by atoms with Gasteiger partial charge in [0, 0.05) is 25.0 Å². The quantitative estimate of drug-likeness (QED) is 0.891. The van der Waals surface area contributed by atoms with E-state index in [1.807, 2.05) is 18.2 Å². The molecule has 2 N–H and O–H groups in total. The number of amides is 1. The highest BCUT2D eigenvalue weighted by molar-refractivity contribution is 5.98. The highest BCUT2D eigenvalue weighted by atomic mass is 16.3. The van der Waals surface area contributed by atoms with Crippen molar-refractivity contribution in [1.29, 1.82) is 0 Å². The van der Waals surface area contributed by atoms with E-state index in [-0.39, 0.29) is 5.91 Å². The zero-order valence-electron chi connectivity index (χ0n) is 13.9. The van der Waals surface area contributed by atoms with Crippen molar-refractivity contribution in [3.63, 3.8) is 0 Å². The Labute approximate surface area is 136 Å². The molecule has 0 saturated heterocycles. The number of carbonyl (C=O) groups is 1. The van der Waals surface area contributed by atoms with Crippen LogP contribution in [0.2, 0.25) is 0 Å². The molecule has 23 heavy (non-hydrogen) atoms. The second-order valence-corrected chi connectivity index (χ2v) is 6.78. The number of rotatable bonds is 5. The van der Waals surface area contributed by atoms with E-state index in [9.17, 15) is 9.90 Å². The summed E-state index contributed by atoms with van der Waals surface area (Å²) in [7, 11) is 4.11. The summed E-state index contributed by atoms with van der Waals surface area (Å²) in [4.78, 5) is 14.5. The average Bonchev–Trinajstić information content (AvgIpc) is 3.12. The van der Waals surface area contributed by atoms with Crippen LogP contribution >= 0.6 is 0 Å². The van der Waals surface area contributed by atoms with Crippen molar-refractivity contribution in [2.45, 2.75) is 37.8 Å². The molecule has 1 fully saturated rings. The number of hydrogen-bond donors (Lipinski definition) is 2. The SMILES string of the molecule is CN(C)CCn1ccc2ccc(NC(=O)C3(O)CCCC3)cc21. The third-order valence-electron chi connectivity index (χ3n) is 4.67. The fourth-order valence-corrected chi connectivity index (χ4v) is 3.20. The Morgan fingerprint density at radius 1 is 1.30 bits per heavy atom. The van der Waals surface area contributed by atoms with Gasteiger partial charge in [0.25, 0.3) is 5.91 Å². The van der Waals surface area contributed by atoms with E-state index >= 15 is 0 Å². The van der Waals surface area contributed by atoms with Gasteiger partial charge in [-0.2, -0.15) is 0 Å². The maximum absolute atomic E-state index is 12.3. The second-order valence-electron chi connectivity index (χ2n) is 6.78. The first kappa shape index (κ1) is 16.0. The fraction of sp³-hybridized carbons (Fsp3) is 0.500. The molecule has 3 rings (SSSR count). The van der Waals surface area contributed by atoms with E-state index in [1.54, 1.807) is 0 Å². The molecule has 1 saturated carbocycles. The third kappa shape index (κ3) is 3.41. The zero-order valence-corrected chi connectivity index (χ0v) is 13.9. The molecule has 2 aromatic rings. The van der Waals surface area contributed by atoms with Crippen molar-refractivity contribution < 1.29 is 9.90 Å². The summed E-state index contributed by atoms with van der Waals surface area (Å²) in [6, 6.07) is 7.98. The highest BCUT2D eigenvalue weighted by Gasteiger charge is 2.38. The molecule has 0 bridgehead atoms. The molecule has 0 spiro atoms. The summed E-state index contributed by atoms with van der Waals surface area (Å²) in [5.74, 6) is -0.277. The largest absolute Gasteiger partial charge is 0.380 e. The number of anilines is 1. The molecular formula is C18H25N3O2. The van der Waals surface area contributed by atoms with E-state index in [1.165, 1.54) is 0 Å². The van der Waals surface area contributed by atoms with Gasteiger partial charge in [-0.15, -0.1) is 0 Å². The lowest BCUT2D eigenvalue weighted by Crippen LogP contribution is -2.40. The summed E-state index contributed by atoms with van der Waals surface area (Å²) in [6.45, 7) is 1.86. The van der Waals surface area contributed by atoms with Crippen LogP contribution in [0.1, 0.15) is 25.7 Å². The molecule has 124 valence electrons. The van der Waals surface area contributed by atoms with E-state index in [0.717, 1.165) is 42.5 Å². The van der Waals surface area contributed by atoms with Crippen molar-refractivity contribution in [3.05, 3.63) is 30.5 Å². The predicted octanol–water partition coefficient (Wildman–Crippen LogP) is 2.45. The molecule has 1 heterocycles. The number of aromatic nitrogens is 1. The first-order valence-electron chi connectivity index (χ1n) is 8.25. The molecule has 1 aliphatic carbocycles. The first-order valence-corrected chi connectivity index (χ1v) is 8.25. The summed E-state index contributed by atoms with van der Waals surface area (Å²) < 4.78 is 2.19.